The average Bonchev–Trinajstić information content (AvgIpc) is 3.36. The number of aryl methyl sites for hydroxylation is 2. The quantitative estimate of drug-likeness (QED) is 0.719. The molecule has 0 spiro atoms. The van der Waals surface area contributed by atoms with E-state index in [0.717, 1.165) is 0 Å². The van der Waals surface area contributed by atoms with E-state index in [-0.39, 0.29) is 22.6 Å². The molecule has 0 unspecified atom stereocenters. The third-order valence-corrected chi connectivity index (χ3v) is 9.41. The van der Waals surface area contributed by atoms with Crippen LogP contribution >= 0.6 is 46.2 Å². The van der Waals surface area contributed by atoms with Crippen LogP contribution in [0, 0.1) is 13.8 Å². The smallest absolute Gasteiger partial charge is 0.233 e. The highest BCUT2D eigenvalue weighted by molar-refractivity contribution is 8.01. The number of carbonyl (C=O) groups is 2. The molecule has 8 heteroatoms. The van der Waals surface area contributed by atoms with Crippen LogP contribution in [0.4, 0.5) is 0 Å². The maximum atomic E-state index is 12.4. The van der Waals surface area contributed by atoms with Crippen molar-refractivity contribution in [3.8, 4) is 0 Å². The Morgan fingerprint density at radius 1 is 0.808 bits per heavy atom. The Morgan fingerprint density at radius 3 is 1.58 bits per heavy atom. The summed E-state index contributed by atoms with van der Waals surface area (Å²) in [6.07, 6.45) is 0. The highest BCUT2D eigenvalue weighted by atomic mass is 32.2. The summed E-state index contributed by atoms with van der Waals surface area (Å²) >= 11 is 6.88. The van der Waals surface area contributed by atoms with Crippen molar-refractivity contribution in [3.63, 3.8) is 0 Å². The van der Waals surface area contributed by atoms with Gasteiger partial charge in [-0.25, -0.2) is 0 Å². The van der Waals surface area contributed by atoms with E-state index in [0.29, 0.717) is 24.6 Å². The van der Waals surface area contributed by atoms with Crippen LogP contribution < -0.4 is 0 Å². The van der Waals surface area contributed by atoms with Gasteiger partial charge in [-0.1, -0.05) is 0 Å². The Hall–Kier alpha value is -0.960. The molecule has 0 radical (unpaired) electrons. The minimum absolute atomic E-state index is 0.0917. The van der Waals surface area contributed by atoms with Gasteiger partial charge in [-0.05, 0) is 38.1 Å². The van der Waals surface area contributed by atoms with Gasteiger partial charge in [-0.15, -0.1) is 46.2 Å². The summed E-state index contributed by atoms with van der Waals surface area (Å²) in [5.41, 5.74) is 0. The molecule has 0 aliphatic carbocycles. The van der Waals surface area contributed by atoms with Gasteiger partial charge < -0.3 is 9.80 Å². The molecule has 26 heavy (non-hydrogen) atoms. The Kier molecular flexibility index (Phi) is 5.36. The van der Waals surface area contributed by atoms with Gasteiger partial charge in [-0.2, -0.15) is 0 Å². The van der Waals surface area contributed by atoms with E-state index in [1.165, 1.54) is 19.5 Å². The summed E-state index contributed by atoms with van der Waals surface area (Å²) in [5.74, 6) is 1.40. The summed E-state index contributed by atoms with van der Waals surface area (Å²) in [5, 5.41) is 0.183. The second kappa shape index (κ2) is 7.58. The second-order valence-electron chi connectivity index (χ2n) is 6.40. The molecule has 4 rings (SSSR count). The first-order chi connectivity index (χ1) is 12.5. The maximum absolute atomic E-state index is 12.4. The summed E-state index contributed by atoms with van der Waals surface area (Å²) in [4.78, 5) is 33.7. The lowest BCUT2D eigenvalue weighted by Gasteiger charge is -2.28. The number of amides is 2. The fraction of sp³-hybridized carbons (Fsp3) is 0.444. The van der Waals surface area contributed by atoms with Crippen molar-refractivity contribution >= 4 is 58.0 Å². The predicted octanol–water partition coefficient (Wildman–Crippen LogP) is 4.27. The van der Waals surface area contributed by atoms with Gasteiger partial charge in [0, 0.05) is 32.6 Å². The van der Waals surface area contributed by atoms with Gasteiger partial charge in [0.15, 0.2) is 0 Å². The molecule has 2 fully saturated rings. The molecule has 2 aliphatic heterocycles. The summed E-state index contributed by atoms with van der Waals surface area (Å²) in [6, 6.07) is 8.46. The highest BCUT2D eigenvalue weighted by Gasteiger charge is 2.37. The van der Waals surface area contributed by atoms with Crippen molar-refractivity contribution in [1.82, 2.24) is 9.80 Å². The number of nitrogens with zero attached hydrogens (tertiary/aromatic N) is 2. The minimum Gasteiger partial charge on any atom is -0.323 e. The van der Waals surface area contributed by atoms with Crippen molar-refractivity contribution in [2.45, 2.75) is 24.6 Å². The molecule has 0 aromatic carbocycles. The van der Waals surface area contributed by atoms with E-state index in [1.807, 2.05) is 9.80 Å². The lowest BCUT2D eigenvalue weighted by molar-refractivity contribution is -0.132. The zero-order valence-corrected chi connectivity index (χ0v) is 17.9. The zero-order valence-electron chi connectivity index (χ0n) is 14.6. The minimum atomic E-state index is 0.0917. The Labute approximate surface area is 169 Å². The SMILES string of the molecule is Cc1ccc([C@H]2SCC(=O)N2CCN2C(=O)CS[C@@H]2c2ccc(C)s2)s1. The number of carbonyl (C=O) groups excluding carboxylic acids is 2. The van der Waals surface area contributed by atoms with E-state index in [9.17, 15) is 9.59 Å². The molecular weight excluding hydrogens is 404 g/mol. The maximum Gasteiger partial charge on any atom is 0.233 e. The molecule has 2 amide bonds. The molecule has 4 heterocycles. The van der Waals surface area contributed by atoms with Crippen LogP contribution in [0.25, 0.3) is 0 Å². The Bertz CT molecular complexity index is 763. The lowest BCUT2D eigenvalue weighted by atomic mass is 10.3. The molecule has 2 atom stereocenters. The Morgan fingerprint density at radius 2 is 1.23 bits per heavy atom. The first kappa shape index (κ1) is 18.4. The van der Waals surface area contributed by atoms with E-state index in [2.05, 4.69) is 38.1 Å². The molecule has 2 saturated heterocycles. The standard InChI is InChI=1S/C18H20N2O2S4/c1-11-3-5-13(25-11)17-19(15(21)9-23-17)7-8-20-16(22)10-24-18(20)14-6-4-12(2)26-14/h3-6,17-18H,7-10H2,1-2H3/t17-,18-/m1/s1. The van der Waals surface area contributed by atoms with Gasteiger partial charge in [-0.3, -0.25) is 9.59 Å². The number of hydrogen-bond donors (Lipinski definition) is 0. The fourth-order valence-electron chi connectivity index (χ4n) is 3.25. The third kappa shape index (κ3) is 3.56. The van der Waals surface area contributed by atoms with E-state index >= 15 is 0 Å². The predicted molar refractivity (Wildman–Crippen MR) is 112 cm³/mol. The summed E-state index contributed by atoms with van der Waals surface area (Å²) in [7, 11) is 0. The molecule has 0 N–H and O–H groups in total. The number of thioether (sulfide) groups is 2. The average molecular weight is 425 g/mol. The normalized spacial score (nSPS) is 23.5. The van der Waals surface area contributed by atoms with Crippen molar-refractivity contribution in [1.29, 1.82) is 0 Å². The van der Waals surface area contributed by atoms with Crippen molar-refractivity contribution in [2.75, 3.05) is 24.6 Å². The molecule has 2 aromatic rings. The van der Waals surface area contributed by atoms with Crippen LogP contribution in [0.3, 0.4) is 0 Å². The molecular formula is C18H20N2O2S4. The van der Waals surface area contributed by atoms with Gasteiger partial charge >= 0.3 is 0 Å². The highest BCUT2D eigenvalue weighted by Crippen LogP contribution is 2.43. The van der Waals surface area contributed by atoms with Gasteiger partial charge in [0.2, 0.25) is 11.8 Å². The third-order valence-electron chi connectivity index (χ3n) is 4.53. The molecule has 2 aliphatic rings. The molecule has 0 saturated carbocycles. The van der Waals surface area contributed by atoms with Gasteiger partial charge in [0.1, 0.15) is 10.7 Å². The number of rotatable bonds is 5. The largest absolute Gasteiger partial charge is 0.323 e. The lowest BCUT2D eigenvalue weighted by Crippen LogP contribution is -2.38. The van der Waals surface area contributed by atoms with Gasteiger partial charge in [0.25, 0.3) is 0 Å². The fourth-order valence-corrected chi connectivity index (χ4v) is 7.92. The summed E-state index contributed by atoms with van der Waals surface area (Å²) < 4.78 is 0. The topological polar surface area (TPSA) is 40.6 Å². The van der Waals surface area contributed by atoms with Gasteiger partial charge in [0.05, 0.1) is 11.5 Å². The van der Waals surface area contributed by atoms with Crippen LogP contribution in [0.2, 0.25) is 0 Å². The second-order valence-corrected chi connectivity index (χ2v) is 11.2. The van der Waals surface area contributed by atoms with Crippen LogP contribution in [0.5, 0.6) is 0 Å². The van der Waals surface area contributed by atoms with Crippen LogP contribution in [0.15, 0.2) is 24.3 Å². The first-order valence-electron chi connectivity index (χ1n) is 8.48. The Balaban J connectivity index is 1.47. The van der Waals surface area contributed by atoms with Crippen molar-refractivity contribution in [3.05, 3.63) is 43.8 Å². The first-order valence-corrected chi connectivity index (χ1v) is 12.2. The number of thiophene rings is 2. The zero-order chi connectivity index (χ0) is 18.3. The molecule has 4 nitrogen and oxygen atoms in total. The van der Waals surface area contributed by atoms with Crippen molar-refractivity contribution in [2.24, 2.45) is 0 Å². The van der Waals surface area contributed by atoms with E-state index in [1.54, 1.807) is 46.2 Å². The van der Waals surface area contributed by atoms with Crippen LogP contribution in [-0.2, 0) is 9.59 Å². The molecule has 138 valence electrons. The van der Waals surface area contributed by atoms with Crippen molar-refractivity contribution < 1.29 is 9.59 Å². The van der Waals surface area contributed by atoms with Crippen LogP contribution in [0.1, 0.15) is 30.3 Å². The van der Waals surface area contributed by atoms with Crippen LogP contribution in [-0.4, -0.2) is 46.2 Å². The van der Waals surface area contributed by atoms with E-state index < -0.39 is 0 Å². The summed E-state index contributed by atoms with van der Waals surface area (Å²) in [6.45, 7) is 5.38. The number of hydrogen-bond acceptors (Lipinski definition) is 6. The monoisotopic (exact) mass is 424 g/mol. The van der Waals surface area contributed by atoms with E-state index in [4.69, 9.17) is 0 Å². The molecule has 2 aromatic heterocycles. The molecule has 0 bridgehead atoms.